The van der Waals surface area contributed by atoms with Gasteiger partial charge < -0.3 is 15.4 Å². The number of rotatable bonds is 4. The molecule has 0 saturated carbocycles. The van der Waals surface area contributed by atoms with Crippen LogP contribution in [0.2, 0.25) is 0 Å². The molecule has 0 spiro atoms. The number of nitrogens with one attached hydrogen (secondary N) is 1. The van der Waals surface area contributed by atoms with Crippen molar-refractivity contribution in [2.75, 3.05) is 24.0 Å². The van der Waals surface area contributed by atoms with Crippen LogP contribution in [0.4, 0.5) is 11.9 Å². The van der Waals surface area contributed by atoms with Gasteiger partial charge in [0.05, 0.1) is 7.11 Å². The molecule has 1 amide bonds. The summed E-state index contributed by atoms with van der Waals surface area (Å²) in [6, 6.07) is -0.272. The van der Waals surface area contributed by atoms with E-state index in [-0.39, 0.29) is 12.0 Å². The predicted molar refractivity (Wildman–Crippen MR) is 63.8 cm³/mol. The van der Waals surface area contributed by atoms with Crippen molar-refractivity contribution in [2.45, 2.75) is 18.9 Å². The van der Waals surface area contributed by atoms with Crippen molar-refractivity contribution in [2.24, 2.45) is 11.6 Å². The number of nitrogen functional groups attached to an aromatic ring is 1. The Bertz CT molecular complexity index is 430. The van der Waals surface area contributed by atoms with Crippen molar-refractivity contribution < 1.29 is 9.53 Å². The molecule has 9 nitrogen and oxygen atoms in total. The van der Waals surface area contributed by atoms with E-state index in [1.165, 1.54) is 7.11 Å². The molecule has 0 aliphatic carbocycles. The Kier molecular flexibility index (Phi) is 3.42. The highest BCUT2D eigenvalue weighted by Crippen LogP contribution is 2.24. The van der Waals surface area contributed by atoms with Gasteiger partial charge in [0.15, 0.2) is 0 Å². The molecule has 1 aliphatic rings. The predicted octanol–water partition coefficient (Wildman–Crippen LogP) is -1.38. The summed E-state index contributed by atoms with van der Waals surface area (Å²) >= 11 is 0. The number of hydrogen-bond acceptors (Lipinski definition) is 8. The molecule has 5 N–H and O–H groups in total. The fraction of sp³-hybridized carbons (Fsp3) is 0.556. The molecular weight excluding hydrogens is 238 g/mol. The van der Waals surface area contributed by atoms with E-state index in [1.807, 2.05) is 0 Å². The first kappa shape index (κ1) is 12.3. The molecule has 1 aromatic rings. The highest BCUT2D eigenvalue weighted by atomic mass is 16.5. The maximum Gasteiger partial charge on any atom is 0.322 e. The summed E-state index contributed by atoms with van der Waals surface area (Å²) in [5.74, 6) is 5.38. The minimum atomic E-state index is -0.400. The molecule has 0 radical (unpaired) electrons. The van der Waals surface area contributed by atoms with Crippen LogP contribution >= 0.6 is 0 Å². The zero-order valence-corrected chi connectivity index (χ0v) is 9.96. The average molecular weight is 253 g/mol. The highest BCUT2D eigenvalue weighted by Gasteiger charge is 2.31. The van der Waals surface area contributed by atoms with Crippen LogP contribution in [-0.2, 0) is 4.79 Å². The summed E-state index contributed by atoms with van der Waals surface area (Å²) in [5, 5.41) is 0. The second-order valence-electron chi connectivity index (χ2n) is 3.84. The van der Waals surface area contributed by atoms with Crippen LogP contribution in [0.15, 0.2) is 0 Å². The molecule has 2 rings (SSSR count). The summed E-state index contributed by atoms with van der Waals surface area (Å²) in [5.41, 5.74) is 7.67. The van der Waals surface area contributed by atoms with E-state index in [4.69, 9.17) is 16.3 Å². The van der Waals surface area contributed by atoms with E-state index in [9.17, 15) is 4.79 Å². The van der Waals surface area contributed by atoms with Crippen molar-refractivity contribution in [3.05, 3.63) is 0 Å². The Morgan fingerprint density at radius 3 is 2.89 bits per heavy atom. The summed E-state index contributed by atoms with van der Waals surface area (Å²) in [4.78, 5) is 25.1. The molecule has 18 heavy (non-hydrogen) atoms. The number of anilines is 2. The van der Waals surface area contributed by atoms with E-state index in [0.29, 0.717) is 18.9 Å². The molecule has 1 aromatic heterocycles. The first-order chi connectivity index (χ1) is 8.65. The van der Waals surface area contributed by atoms with Crippen LogP contribution < -0.4 is 26.6 Å². The van der Waals surface area contributed by atoms with Gasteiger partial charge in [0, 0.05) is 6.54 Å². The topological polar surface area (TPSA) is 132 Å². The van der Waals surface area contributed by atoms with Crippen molar-refractivity contribution in [3.8, 4) is 6.01 Å². The number of carbonyl (C=O) groups excluding carboxylic acids is 1. The number of carbonyl (C=O) groups is 1. The van der Waals surface area contributed by atoms with Gasteiger partial charge in [-0.25, -0.2) is 5.84 Å². The molecule has 1 unspecified atom stereocenters. The zero-order valence-electron chi connectivity index (χ0n) is 9.96. The molecule has 0 aromatic carbocycles. The molecule has 1 aliphatic heterocycles. The van der Waals surface area contributed by atoms with Crippen LogP contribution in [-0.4, -0.2) is 40.6 Å². The largest absolute Gasteiger partial charge is 0.467 e. The number of hydrazine groups is 1. The normalized spacial score (nSPS) is 18.8. The highest BCUT2D eigenvalue weighted by molar-refractivity contribution is 5.83. The number of nitrogens with zero attached hydrogens (tertiary/aromatic N) is 4. The van der Waals surface area contributed by atoms with Gasteiger partial charge in [0.1, 0.15) is 6.04 Å². The molecule has 2 heterocycles. The smallest absolute Gasteiger partial charge is 0.322 e. The van der Waals surface area contributed by atoms with Crippen molar-refractivity contribution in [1.29, 1.82) is 0 Å². The van der Waals surface area contributed by atoms with E-state index in [2.05, 4.69) is 20.4 Å². The van der Waals surface area contributed by atoms with E-state index in [1.54, 1.807) is 4.90 Å². The summed E-state index contributed by atoms with van der Waals surface area (Å²) in [7, 11) is 1.44. The second-order valence-corrected chi connectivity index (χ2v) is 3.84. The second kappa shape index (κ2) is 5.00. The quantitative estimate of drug-likeness (QED) is 0.441. The zero-order chi connectivity index (χ0) is 13.1. The maximum absolute atomic E-state index is 11.3. The van der Waals surface area contributed by atoms with E-state index < -0.39 is 11.9 Å². The van der Waals surface area contributed by atoms with Gasteiger partial charge in [-0.1, -0.05) is 0 Å². The Morgan fingerprint density at radius 1 is 1.50 bits per heavy atom. The summed E-state index contributed by atoms with van der Waals surface area (Å²) in [6.07, 6.45) is 1.54. The molecular formula is C9H15N7O2. The minimum absolute atomic E-state index is 0.128. The fourth-order valence-corrected chi connectivity index (χ4v) is 1.93. The molecule has 1 atom stereocenters. The molecule has 9 heteroatoms. The van der Waals surface area contributed by atoms with Crippen molar-refractivity contribution in [1.82, 2.24) is 15.0 Å². The summed E-state index contributed by atoms with van der Waals surface area (Å²) < 4.78 is 4.95. The van der Waals surface area contributed by atoms with Crippen LogP contribution in [0.5, 0.6) is 6.01 Å². The first-order valence-electron chi connectivity index (χ1n) is 5.48. The number of ether oxygens (including phenoxy) is 1. The van der Waals surface area contributed by atoms with E-state index >= 15 is 0 Å². The Morgan fingerprint density at radius 2 is 2.28 bits per heavy atom. The number of methoxy groups -OCH3 is 1. The molecule has 98 valence electrons. The Balaban J connectivity index is 2.34. The Hall–Kier alpha value is -2.16. The lowest BCUT2D eigenvalue weighted by Gasteiger charge is -2.22. The maximum atomic E-state index is 11.3. The standard InChI is InChI=1S/C9H15N7O2/c1-18-9-13-7(15-11)12-8(14-9)16-4-2-3-5(16)6(10)17/h5H,2-4,11H2,1H3,(H2,10,17)(H,12,13,14,15). The third-order valence-corrected chi connectivity index (χ3v) is 2.75. The number of primary amides is 1. The third kappa shape index (κ3) is 2.25. The SMILES string of the molecule is COc1nc(NN)nc(N2CCCC2C(N)=O)n1. The number of nitrogens with two attached hydrogens (primary N) is 2. The average Bonchev–Trinajstić information content (AvgIpc) is 2.87. The minimum Gasteiger partial charge on any atom is -0.467 e. The van der Waals surface area contributed by atoms with Gasteiger partial charge in [-0.15, -0.1) is 0 Å². The van der Waals surface area contributed by atoms with Gasteiger partial charge in [-0.3, -0.25) is 10.2 Å². The van der Waals surface area contributed by atoms with Crippen molar-refractivity contribution in [3.63, 3.8) is 0 Å². The lowest BCUT2D eigenvalue weighted by atomic mass is 10.2. The lowest BCUT2D eigenvalue weighted by Crippen LogP contribution is -2.41. The first-order valence-corrected chi connectivity index (χ1v) is 5.48. The molecule has 1 fully saturated rings. The van der Waals surface area contributed by atoms with Crippen LogP contribution in [0.1, 0.15) is 12.8 Å². The van der Waals surface area contributed by atoms with E-state index in [0.717, 1.165) is 6.42 Å². The third-order valence-electron chi connectivity index (χ3n) is 2.75. The monoisotopic (exact) mass is 253 g/mol. The fourth-order valence-electron chi connectivity index (χ4n) is 1.93. The van der Waals surface area contributed by atoms with Gasteiger partial charge in [0.2, 0.25) is 17.8 Å². The van der Waals surface area contributed by atoms with Gasteiger partial charge in [0.25, 0.3) is 0 Å². The van der Waals surface area contributed by atoms with Crippen molar-refractivity contribution >= 4 is 17.8 Å². The summed E-state index contributed by atoms with van der Waals surface area (Å²) in [6.45, 7) is 0.658. The lowest BCUT2D eigenvalue weighted by molar-refractivity contribution is -0.119. The van der Waals surface area contributed by atoms with Gasteiger partial charge in [-0.2, -0.15) is 15.0 Å². The Labute approximate surface area is 104 Å². The van der Waals surface area contributed by atoms with Crippen LogP contribution in [0.3, 0.4) is 0 Å². The number of hydrogen-bond donors (Lipinski definition) is 3. The van der Waals surface area contributed by atoms with Gasteiger partial charge >= 0.3 is 6.01 Å². The van der Waals surface area contributed by atoms with Crippen LogP contribution in [0.25, 0.3) is 0 Å². The molecule has 0 bridgehead atoms. The number of amides is 1. The van der Waals surface area contributed by atoms with Crippen LogP contribution in [0, 0.1) is 0 Å². The number of aromatic nitrogens is 3. The molecule has 1 saturated heterocycles. The van der Waals surface area contributed by atoms with Gasteiger partial charge in [-0.05, 0) is 12.8 Å².